The largest absolute Gasteiger partial charge is 0.490 e. The number of halogens is 1. The molecule has 3 heteroatoms. The zero-order chi connectivity index (χ0) is 12.4. The van der Waals surface area contributed by atoms with Crippen molar-refractivity contribution >= 4 is 21.6 Å². The number of ether oxygens (including phenoxy) is 1. The Balaban J connectivity index is 1.84. The third kappa shape index (κ3) is 2.36. The predicted molar refractivity (Wildman–Crippen MR) is 77.1 cm³/mol. The van der Waals surface area contributed by atoms with Gasteiger partial charge in [0.25, 0.3) is 0 Å². The Kier molecular flexibility index (Phi) is 3.24. The molecule has 18 heavy (non-hydrogen) atoms. The molecule has 0 amide bonds. The van der Waals surface area contributed by atoms with E-state index in [1.165, 1.54) is 11.3 Å². The fraction of sp³-hybridized carbons (Fsp3) is 0.200. The van der Waals surface area contributed by atoms with Gasteiger partial charge in [-0.1, -0.05) is 40.2 Å². The van der Waals surface area contributed by atoms with Crippen LogP contribution in [0.2, 0.25) is 0 Å². The van der Waals surface area contributed by atoms with Gasteiger partial charge in [-0.15, -0.1) is 0 Å². The van der Waals surface area contributed by atoms with E-state index in [4.69, 9.17) is 4.74 Å². The number of benzene rings is 2. The van der Waals surface area contributed by atoms with Crippen LogP contribution in [0, 0.1) is 0 Å². The van der Waals surface area contributed by atoms with Crippen LogP contribution in [0.15, 0.2) is 53.0 Å². The lowest BCUT2D eigenvalue weighted by molar-refractivity contribution is 0.307. The lowest BCUT2D eigenvalue weighted by Gasteiger charge is -2.31. The zero-order valence-electron chi connectivity index (χ0n) is 9.97. The van der Waals surface area contributed by atoms with Crippen LogP contribution in [-0.2, 0) is 6.54 Å². The van der Waals surface area contributed by atoms with Crippen LogP contribution < -0.4 is 9.64 Å². The van der Waals surface area contributed by atoms with Gasteiger partial charge in [-0.2, -0.15) is 0 Å². The van der Waals surface area contributed by atoms with Crippen LogP contribution >= 0.6 is 15.9 Å². The van der Waals surface area contributed by atoms with Gasteiger partial charge in [0, 0.05) is 11.0 Å². The smallest absolute Gasteiger partial charge is 0.142 e. The van der Waals surface area contributed by atoms with Gasteiger partial charge in [0.1, 0.15) is 12.4 Å². The van der Waals surface area contributed by atoms with E-state index in [2.05, 4.69) is 57.2 Å². The van der Waals surface area contributed by atoms with Crippen molar-refractivity contribution in [3.05, 3.63) is 58.6 Å². The molecule has 1 aliphatic heterocycles. The number of rotatable bonds is 2. The quantitative estimate of drug-likeness (QED) is 0.835. The molecule has 1 aliphatic rings. The fourth-order valence-electron chi connectivity index (χ4n) is 2.20. The summed E-state index contributed by atoms with van der Waals surface area (Å²) in [6.07, 6.45) is 0. The molecule has 0 saturated heterocycles. The Morgan fingerprint density at radius 1 is 1.06 bits per heavy atom. The molecule has 0 bridgehead atoms. The van der Waals surface area contributed by atoms with Crippen molar-refractivity contribution in [3.63, 3.8) is 0 Å². The van der Waals surface area contributed by atoms with Crippen molar-refractivity contribution in [1.82, 2.24) is 0 Å². The van der Waals surface area contributed by atoms with E-state index in [0.29, 0.717) is 0 Å². The minimum absolute atomic E-state index is 0.757. The molecular weight excluding hydrogens is 290 g/mol. The standard InChI is InChI=1S/C15H14BrNO/c16-13-7-5-12(6-8-13)11-17-9-10-18-15-4-2-1-3-14(15)17/h1-8H,9-11H2. The first-order valence-electron chi connectivity index (χ1n) is 6.04. The third-order valence-electron chi connectivity index (χ3n) is 3.11. The van der Waals surface area contributed by atoms with E-state index in [-0.39, 0.29) is 0 Å². The van der Waals surface area contributed by atoms with Gasteiger partial charge < -0.3 is 9.64 Å². The summed E-state index contributed by atoms with van der Waals surface area (Å²) in [5.74, 6) is 0.987. The van der Waals surface area contributed by atoms with Gasteiger partial charge in [-0.05, 0) is 29.8 Å². The van der Waals surface area contributed by atoms with E-state index < -0.39 is 0 Å². The fourth-order valence-corrected chi connectivity index (χ4v) is 2.47. The molecule has 0 fully saturated rings. The van der Waals surface area contributed by atoms with E-state index >= 15 is 0 Å². The van der Waals surface area contributed by atoms with Crippen LogP contribution in [-0.4, -0.2) is 13.2 Å². The molecular formula is C15H14BrNO. The van der Waals surface area contributed by atoms with E-state index in [9.17, 15) is 0 Å². The number of nitrogens with zero attached hydrogens (tertiary/aromatic N) is 1. The highest BCUT2D eigenvalue weighted by molar-refractivity contribution is 9.10. The second-order valence-electron chi connectivity index (χ2n) is 4.36. The van der Waals surface area contributed by atoms with Crippen LogP contribution in [0.1, 0.15) is 5.56 Å². The SMILES string of the molecule is Brc1ccc(CN2CCOc3ccccc32)cc1. The van der Waals surface area contributed by atoms with Gasteiger partial charge >= 0.3 is 0 Å². The van der Waals surface area contributed by atoms with Crippen LogP contribution in [0.4, 0.5) is 5.69 Å². The van der Waals surface area contributed by atoms with Gasteiger partial charge in [0.05, 0.1) is 12.2 Å². The first-order valence-corrected chi connectivity index (χ1v) is 6.83. The highest BCUT2D eigenvalue weighted by Crippen LogP contribution is 2.31. The summed E-state index contributed by atoms with van der Waals surface area (Å²) < 4.78 is 6.78. The molecule has 3 rings (SSSR count). The van der Waals surface area contributed by atoms with Crippen molar-refractivity contribution < 1.29 is 4.74 Å². The predicted octanol–water partition coefficient (Wildman–Crippen LogP) is 3.85. The van der Waals surface area contributed by atoms with E-state index in [0.717, 1.165) is 29.9 Å². The van der Waals surface area contributed by atoms with Crippen molar-refractivity contribution in [2.45, 2.75) is 6.54 Å². The molecule has 1 heterocycles. The second-order valence-corrected chi connectivity index (χ2v) is 5.28. The zero-order valence-corrected chi connectivity index (χ0v) is 11.6. The number of anilines is 1. The van der Waals surface area contributed by atoms with Crippen LogP contribution in [0.3, 0.4) is 0 Å². The Morgan fingerprint density at radius 2 is 1.83 bits per heavy atom. The summed E-state index contributed by atoms with van der Waals surface area (Å²) in [4.78, 5) is 2.36. The highest BCUT2D eigenvalue weighted by atomic mass is 79.9. The van der Waals surface area contributed by atoms with Gasteiger partial charge in [0.15, 0.2) is 0 Å². The molecule has 0 atom stereocenters. The lowest BCUT2D eigenvalue weighted by atomic mass is 10.1. The Hall–Kier alpha value is -1.48. The minimum Gasteiger partial charge on any atom is -0.490 e. The van der Waals surface area contributed by atoms with Crippen molar-refractivity contribution in [2.24, 2.45) is 0 Å². The maximum atomic E-state index is 5.66. The maximum absolute atomic E-state index is 5.66. The summed E-state index contributed by atoms with van der Waals surface area (Å²) >= 11 is 3.46. The average molecular weight is 304 g/mol. The van der Waals surface area contributed by atoms with E-state index in [1.54, 1.807) is 0 Å². The normalized spacial score (nSPS) is 13.9. The summed E-state index contributed by atoms with van der Waals surface area (Å²) in [6.45, 7) is 2.62. The summed E-state index contributed by atoms with van der Waals surface area (Å²) in [5, 5.41) is 0. The summed E-state index contributed by atoms with van der Waals surface area (Å²) in [6, 6.07) is 16.7. The van der Waals surface area contributed by atoms with Gasteiger partial charge in [-0.25, -0.2) is 0 Å². The van der Waals surface area contributed by atoms with Crippen molar-refractivity contribution in [1.29, 1.82) is 0 Å². The number of fused-ring (bicyclic) bond motifs is 1. The monoisotopic (exact) mass is 303 g/mol. The first kappa shape index (κ1) is 11.6. The summed E-state index contributed by atoms with van der Waals surface area (Å²) in [7, 11) is 0. The minimum atomic E-state index is 0.757. The molecule has 92 valence electrons. The molecule has 2 aromatic carbocycles. The van der Waals surface area contributed by atoms with E-state index in [1.807, 2.05) is 12.1 Å². The average Bonchev–Trinajstić information content (AvgIpc) is 2.42. The topological polar surface area (TPSA) is 12.5 Å². The molecule has 0 spiro atoms. The number of hydrogen-bond acceptors (Lipinski definition) is 2. The summed E-state index contributed by atoms with van der Waals surface area (Å²) in [5.41, 5.74) is 2.50. The number of hydrogen-bond donors (Lipinski definition) is 0. The molecule has 0 aromatic heterocycles. The maximum Gasteiger partial charge on any atom is 0.142 e. The van der Waals surface area contributed by atoms with Crippen LogP contribution in [0.25, 0.3) is 0 Å². The lowest BCUT2D eigenvalue weighted by Crippen LogP contribution is -2.32. The Morgan fingerprint density at radius 3 is 2.67 bits per heavy atom. The molecule has 2 nitrogen and oxygen atoms in total. The van der Waals surface area contributed by atoms with Gasteiger partial charge in [0.2, 0.25) is 0 Å². The number of para-hydroxylation sites is 2. The molecule has 0 saturated carbocycles. The van der Waals surface area contributed by atoms with Crippen molar-refractivity contribution in [3.8, 4) is 5.75 Å². The van der Waals surface area contributed by atoms with Crippen LogP contribution in [0.5, 0.6) is 5.75 Å². The Labute approximate surface area is 115 Å². The molecule has 0 N–H and O–H groups in total. The Bertz CT molecular complexity index is 538. The molecule has 0 radical (unpaired) electrons. The molecule has 0 aliphatic carbocycles. The second kappa shape index (κ2) is 5.02. The highest BCUT2D eigenvalue weighted by Gasteiger charge is 2.17. The molecule has 2 aromatic rings. The van der Waals surface area contributed by atoms with Crippen molar-refractivity contribution in [2.75, 3.05) is 18.1 Å². The first-order chi connectivity index (χ1) is 8.83. The molecule has 0 unspecified atom stereocenters. The third-order valence-corrected chi connectivity index (χ3v) is 3.64. The van der Waals surface area contributed by atoms with Gasteiger partial charge in [-0.3, -0.25) is 0 Å².